The van der Waals surface area contributed by atoms with Crippen LogP contribution in [0.25, 0.3) is 0 Å². The molecule has 2 saturated heterocycles. The van der Waals surface area contributed by atoms with Crippen LogP contribution in [-0.4, -0.2) is 72.2 Å². The minimum Gasteiger partial charge on any atom is -0.482 e. The number of β-amino-alcohol motifs (C(OH)–C–C–N with tert-alkyl or cyclic N) is 1. The molecule has 9 heteroatoms. The summed E-state index contributed by atoms with van der Waals surface area (Å²) in [6.45, 7) is 3.61. The quantitative estimate of drug-likeness (QED) is 0.607. The highest BCUT2D eigenvalue weighted by molar-refractivity contribution is 7.98. The molecule has 8 nitrogen and oxygen atoms in total. The fourth-order valence-electron chi connectivity index (χ4n) is 3.58. The summed E-state index contributed by atoms with van der Waals surface area (Å²) in [6.07, 6.45) is 3.23. The van der Waals surface area contributed by atoms with E-state index in [1.807, 2.05) is 23.1 Å². The van der Waals surface area contributed by atoms with Gasteiger partial charge in [-0.3, -0.25) is 4.79 Å². The Balaban J connectivity index is 1.49. The zero-order chi connectivity index (χ0) is 18.1. The van der Waals surface area contributed by atoms with Crippen molar-refractivity contribution < 1.29 is 14.6 Å². The molecule has 1 aromatic rings. The van der Waals surface area contributed by atoms with Gasteiger partial charge >= 0.3 is 0 Å². The first kappa shape index (κ1) is 17.3. The number of aliphatic hydroxyl groups is 1. The lowest BCUT2D eigenvalue weighted by atomic mass is 10.2. The van der Waals surface area contributed by atoms with Crippen LogP contribution in [0.4, 0.5) is 11.4 Å². The molecule has 1 unspecified atom stereocenters. The Morgan fingerprint density at radius 2 is 2.23 bits per heavy atom. The monoisotopic (exact) mass is 375 g/mol. The van der Waals surface area contributed by atoms with Crippen LogP contribution in [0.2, 0.25) is 0 Å². The SMILES string of the molecule is N#CN1CCC(N2CCN(c3ccc4c(c3)N(CCO)C(=O)CO4)S2)C1. The third-order valence-corrected chi connectivity index (χ3v) is 6.22. The van der Waals surface area contributed by atoms with Crippen molar-refractivity contribution in [1.82, 2.24) is 9.21 Å². The summed E-state index contributed by atoms with van der Waals surface area (Å²) in [5.74, 6) is 0.533. The van der Waals surface area contributed by atoms with Gasteiger partial charge < -0.3 is 23.9 Å². The Morgan fingerprint density at radius 1 is 1.35 bits per heavy atom. The van der Waals surface area contributed by atoms with Gasteiger partial charge in [0.05, 0.1) is 18.0 Å². The van der Waals surface area contributed by atoms with Crippen molar-refractivity contribution in [1.29, 1.82) is 5.26 Å². The number of aliphatic hydroxyl groups excluding tert-OH is 1. The van der Waals surface area contributed by atoms with Crippen LogP contribution in [0.5, 0.6) is 5.75 Å². The average Bonchev–Trinajstić information content (AvgIpc) is 3.32. The lowest BCUT2D eigenvalue weighted by Gasteiger charge is -2.30. The van der Waals surface area contributed by atoms with E-state index >= 15 is 0 Å². The molecule has 3 aliphatic rings. The largest absolute Gasteiger partial charge is 0.482 e. The number of nitriles is 1. The van der Waals surface area contributed by atoms with E-state index in [1.54, 1.807) is 17.0 Å². The van der Waals surface area contributed by atoms with Crippen molar-refractivity contribution in [3.63, 3.8) is 0 Å². The summed E-state index contributed by atoms with van der Waals surface area (Å²) in [5.41, 5.74) is 1.72. The number of ether oxygens (including phenoxy) is 1. The Labute approximate surface area is 156 Å². The zero-order valence-electron chi connectivity index (χ0n) is 14.4. The molecule has 0 aliphatic carbocycles. The first-order valence-electron chi connectivity index (χ1n) is 8.74. The maximum atomic E-state index is 12.1. The summed E-state index contributed by atoms with van der Waals surface area (Å²) in [5, 5.41) is 18.3. The number of hydrogen-bond donors (Lipinski definition) is 1. The zero-order valence-corrected chi connectivity index (χ0v) is 15.2. The van der Waals surface area contributed by atoms with E-state index in [0.29, 0.717) is 17.5 Å². The third-order valence-electron chi connectivity index (χ3n) is 4.94. The molecule has 1 aromatic carbocycles. The number of amides is 1. The second-order valence-electron chi connectivity index (χ2n) is 6.52. The molecule has 3 aliphatic heterocycles. The van der Waals surface area contributed by atoms with Gasteiger partial charge in [-0.1, -0.05) is 0 Å². The fraction of sp³-hybridized carbons (Fsp3) is 0.529. The van der Waals surface area contributed by atoms with E-state index in [0.717, 1.165) is 38.3 Å². The van der Waals surface area contributed by atoms with Crippen molar-refractivity contribution in [2.75, 3.05) is 55.1 Å². The van der Waals surface area contributed by atoms with Gasteiger partial charge in [-0.05, 0) is 24.6 Å². The molecule has 1 atom stereocenters. The van der Waals surface area contributed by atoms with Crippen molar-refractivity contribution in [2.45, 2.75) is 12.5 Å². The fourth-order valence-corrected chi connectivity index (χ4v) is 4.67. The molecule has 0 spiro atoms. The van der Waals surface area contributed by atoms with Crippen LogP contribution in [0.15, 0.2) is 18.2 Å². The summed E-state index contributed by atoms with van der Waals surface area (Å²) in [6, 6.07) is 6.23. The van der Waals surface area contributed by atoms with Gasteiger partial charge in [0.1, 0.15) is 5.75 Å². The average molecular weight is 375 g/mol. The van der Waals surface area contributed by atoms with E-state index < -0.39 is 0 Å². The molecule has 2 fully saturated rings. The van der Waals surface area contributed by atoms with E-state index in [2.05, 4.69) is 14.8 Å². The van der Waals surface area contributed by atoms with Crippen LogP contribution < -0.4 is 13.9 Å². The van der Waals surface area contributed by atoms with Crippen LogP contribution in [0, 0.1) is 11.5 Å². The number of carbonyl (C=O) groups is 1. The number of anilines is 2. The standard InChI is InChI=1S/C17H21N5O3S/c18-12-19-4-3-14(10-19)22-6-5-21(26-22)13-1-2-16-15(9-13)20(7-8-23)17(24)11-25-16/h1-2,9,14,23H,3-8,10-11H2. The molecular weight excluding hydrogens is 354 g/mol. The summed E-state index contributed by atoms with van der Waals surface area (Å²) < 4.78 is 10.0. The van der Waals surface area contributed by atoms with Crippen molar-refractivity contribution in [3.05, 3.63) is 18.2 Å². The second-order valence-corrected chi connectivity index (χ2v) is 7.60. The van der Waals surface area contributed by atoms with E-state index in [4.69, 9.17) is 10.00 Å². The second kappa shape index (κ2) is 7.23. The number of nitrogens with zero attached hydrogens (tertiary/aromatic N) is 5. The number of fused-ring (bicyclic) bond motifs is 1. The van der Waals surface area contributed by atoms with Gasteiger partial charge in [0, 0.05) is 50.9 Å². The highest BCUT2D eigenvalue weighted by Gasteiger charge is 2.34. The smallest absolute Gasteiger partial charge is 0.265 e. The van der Waals surface area contributed by atoms with E-state index in [-0.39, 0.29) is 25.7 Å². The first-order chi connectivity index (χ1) is 12.7. The van der Waals surface area contributed by atoms with Gasteiger partial charge in [-0.25, -0.2) is 4.31 Å². The van der Waals surface area contributed by atoms with Crippen LogP contribution in [0.1, 0.15) is 6.42 Å². The van der Waals surface area contributed by atoms with Gasteiger partial charge in [-0.2, -0.15) is 5.26 Å². The van der Waals surface area contributed by atoms with Crippen LogP contribution in [-0.2, 0) is 4.79 Å². The number of carbonyl (C=O) groups excluding carboxylic acids is 1. The highest BCUT2D eigenvalue weighted by atomic mass is 32.2. The number of likely N-dealkylation sites (tertiary alicyclic amines) is 1. The molecule has 0 radical (unpaired) electrons. The number of benzene rings is 1. The van der Waals surface area contributed by atoms with Crippen molar-refractivity contribution in [3.8, 4) is 11.9 Å². The van der Waals surface area contributed by atoms with Gasteiger partial charge in [0.25, 0.3) is 5.91 Å². The van der Waals surface area contributed by atoms with Gasteiger partial charge in [0.2, 0.25) is 0 Å². The Kier molecular flexibility index (Phi) is 4.80. The molecular formula is C17H21N5O3S. The maximum absolute atomic E-state index is 12.1. The predicted molar refractivity (Wildman–Crippen MR) is 98.6 cm³/mol. The number of rotatable bonds is 4. The van der Waals surface area contributed by atoms with Crippen LogP contribution >= 0.6 is 12.1 Å². The third kappa shape index (κ3) is 3.16. The Morgan fingerprint density at radius 3 is 3.00 bits per heavy atom. The summed E-state index contributed by atoms with van der Waals surface area (Å²) in [7, 11) is 0. The van der Waals surface area contributed by atoms with Crippen molar-refractivity contribution >= 4 is 29.4 Å². The first-order valence-corrected chi connectivity index (χ1v) is 9.47. The molecule has 138 valence electrons. The molecule has 1 amide bonds. The maximum Gasteiger partial charge on any atom is 0.265 e. The Bertz CT molecular complexity index is 740. The van der Waals surface area contributed by atoms with E-state index in [9.17, 15) is 9.90 Å². The lowest BCUT2D eigenvalue weighted by Crippen LogP contribution is -2.40. The normalized spacial score (nSPS) is 23.2. The van der Waals surface area contributed by atoms with Gasteiger partial charge in [-0.15, -0.1) is 0 Å². The molecule has 0 bridgehead atoms. The Hall–Kier alpha value is -2.15. The van der Waals surface area contributed by atoms with E-state index in [1.165, 1.54) is 0 Å². The lowest BCUT2D eigenvalue weighted by molar-refractivity contribution is -0.121. The molecule has 0 saturated carbocycles. The predicted octanol–water partition coefficient (Wildman–Crippen LogP) is 0.645. The number of hydrogen-bond acceptors (Lipinski definition) is 8. The summed E-state index contributed by atoms with van der Waals surface area (Å²) in [4.78, 5) is 15.5. The topological polar surface area (TPSA) is 83.3 Å². The molecule has 1 N–H and O–H groups in total. The van der Waals surface area contributed by atoms with Crippen molar-refractivity contribution in [2.24, 2.45) is 0 Å². The molecule has 4 rings (SSSR count). The molecule has 0 aromatic heterocycles. The minimum absolute atomic E-state index is 0.00958. The summed E-state index contributed by atoms with van der Waals surface area (Å²) >= 11 is 1.68. The van der Waals surface area contributed by atoms with Gasteiger partial charge in [0.15, 0.2) is 12.8 Å². The molecule has 26 heavy (non-hydrogen) atoms. The molecule has 3 heterocycles. The van der Waals surface area contributed by atoms with Crippen LogP contribution in [0.3, 0.4) is 0 Å². The highest BCUT2D eigenvalue weighted by Crippen LogP contribution is 2.40. The minimum atomic E-state index is -0.137.